The number of fused-ring (bicyclic) bond motifs is 1. The van der Waals surface area contributed by atoms with E-state index in [0.717, 1.165) is 43.0 Å². The van der Waals surface area contributed by atoms with Crippen molar-refractivity contribution in [2.24, 2.45) is 11.3 Å². The van der Waals surface area contributed by atoms with Gasteiger partial charge in [0, 0.05) is 16.5 Å². The summed E-state index contributed by atoms with van der Waals surface area (Å²) in [5.41, 5.74) is 2.62. The fourth-order valence-electron chi connectivity index (χ4n) is 4.35. The number of benzene rings is 1. The summed E-state index contributed by atoms with van der Waals surface area (Å²) in [5, 5.41) is 21.8. The maximum Gasteiger partial charge on any atom is 0.277 e. The molecule has 8 nitrogen and oxygen atoms in total. The third-order valence-corrected chi connectivity index (χ3v) is 8.97. The number of nitrogens with zero attached hydrogens (tertiary/aromatic N) is 3. The van der Waals surface area contributed by atoms with Crippen molar-refractivity contribution in [2.75, 3.05) is 25.3 Å². The first-order valence-corrected chi connectivity index (χ1v) is 13.6. The molecule has 0 aliphatic heterocycles. The van der Waals surface area contributed by atoms with Crippen LogP contribution in [0.1, 0.15) is 49.6 Å². The quantitative estimate of drug-likeness (QED) is 0.340. The average Bonchev–Trinajstić information content (AvgIpc) is 3.50. The number of thiophene rings is 1. The largest absolute Gasteiger partial charge is 0.497 e. The molecule has 0 saturated heterocycles. The van der Waals surface area contributed by atoms with Crippen molar-refractivity contribution in [1.29, 1.82) is 5.26 Å². The SMILES string of the molecule is CCC(C)(C)[C@H]1CCc2c(sc(NC(=O)CSc3nnc(-c4cc(OC)cc(OC)c4)o3)c2C#N)C1. The minimum Gasteiger partial charge on any atom is -0.497 e. The van der Waals surface area contributed by atoms with Crippen LogP contribution in [0.4, 0.5) is 5.00 Å². The van der Waals surface area contributed by atoms with E-state index in [2.05, 4.69) is 42.4 Å². The Kier molecular flexibility index (Phi) is 7.91. The zero-order valence-corrected chi connectivity index (χ0v) is 22.8. The molecule has 3 aromatic rings. The summed E-state index contributed by atoms with van der Waals surface area (Å²) in [7, 11) is 3.14. The lowest BCUT2D eigenvalue weighted by Crippen LogP contribution is -2.28. The number of hydrogen-bond donors (Lipinski definition) is 1. The van der Waals surface area contributed by atoms with Gasteiger partial charge in [-0.05, 0) is 48.3 Å². The molecule has 1 aliphatic rings. The number of nitrogens with one attached hydrogen (secondary N) is 1. The molecule has 0 bridgehead atoms. The second kappa shape index (κ2) is 10.9. The standard InChI is InChI=1S/C26H30N4O4S2/c1-6-26(2,3)16-7-8-19-20(13-27)24(36-21(19)11-16)28-22(31)14-35-25-30-29-23(34-25)15-9-17(32-4)12-18(10-15)33-5/h9-10,12,16H,6-8,11,14H2,1-5H3,(H,28,31)/t16-/m0/s1. The predicted octanol–water partition coefficient (Wildman–Crippen LogP) is 5.96. The third-order valence-electron chi connectivity index (χ3n) is 6.98. The second-order valence-corrected chi connectivity index (χ2v) is 11.4. The zero-order valence-electron chi connectivity index (χ0n) is 21.1. The monoisotopic (exact) mass is 526 g/mol. The number of nitriles is 1. The van der Waals surface area contributed by atoms with Crippen LogP contribution in [-0.2, 0) is 17.6 Å². The zero-order chi connectivity index (χ0) is 25.9. The molecule has 10 heteroatoms. The Bertz CT molecular complexity index is 1270. The molecule has 1 amide bonds. The molecule has 0 fully saturated rings. The van der Waals surface area contributed by atoms with Crippen molar-refractivity contribution >= 4 is 34.0 Å². The number of hydrogen-bond acceptors (Lipinski definition) is 9. The van der Waals surface area contributed by atoms with Crippen molar-refractivity contribution in [1.82, 2.24) is 10.2 Å². The Labute approximate surface area is 219 Å². The Morgan fingerprint density at radius 2 is 2.00 bits per heavy atom. The maximum atomic E-state index is 12.7. The molecule has 2 aromatic heterocycles. The van der Waals surface area contributed by atoms with Crippen LogP contribution in [0, 0.1) is 22.7 Å². The number of methoxy groups -OCH3 is 2. The molecule has 1 aliphatic carbocycles. The molecule has 36 heavy (non-hydrogen) atoms. The van der Waals surface area contributed by atoms with Crippen molar-refractivity contribution < 1.29 is 18.7 Å². The average molecular weight is 527 g/mol. The Hall–Kier alpha value is -3.03. The Morgan fingerprint density at radius 3 is 2.64 bits per heavy atom. The van der Waals surface area contributed by atoms with Crippen LogP contribution in [0.15, 0.2) is 27.8 Å². The van der Waals surface area contributed by atoms with Crippen molar-refractivity contribution in [2.45, 2.75) is 51.7 Å². The van der Waals surface area contributed by atoms with E-state index in [-0.39, 0.29) is 22.3 Å². The molecule has 0 saturated carbocycles. The van der Waals surface area contributed by atoms with Crippen LogP contribution in [-0.4, -0.2) is 36.1 Å². The maximum absolute atomic E-state index is 12.7. The number of carbonyl (C=O) groups is 1. The summed E-state index contributed by atoms with van der Waals surface area (Å²) in [4.78, 5) is 13.9. The number of thioether (sulfide) groups is 1. The lowest BCUT2D eigenvalue weighted by atomic mass is 9.69. The first kappa shape index (κ1) is 26.0. The highest BCUT2D eigenvalue weighted by Crippen LogP contribution is 2.45. The van der Waals surface area contributed by atoms with E-state index in [1.807, 2.05) is 0 Å². The predicted molar refractivity (Wildman–Crippen MR) is 141 cm³/mol. The third kappa shape index (κ3) is 5.52. The first-order valence-electron chi connectivity index (χ1n) is 11.8. The molecule has 1 aromatic carbocycles. The van der Waals surface area contributed by atoms with Crippen LogP contribution in [0.3, 0.4) is 0 Å². The molecule has 0 unspecified atom stereocenters. The minimum absolute atomic E-state index is 0.0853. The van der Waals surface area contributed by atoms with Crippen LogP contribution in [0.5, 0.6) is 11.5 Å². The molecule has 4 rings (SSSR count). The number of carbonyl (C=O) groups excluding carboxylic acids is 1. The molecular weight excluding hydrogens is 496 g/mol. The number of anilines is 1. The van der Waals surface area contributed by atoms with Gasteiger partial charge in [0.2, 0.25) is 11.8 Å². The van der Waals surface area contributed by atoms with Gasteiger partial charge in [0.05, 0.1) is 25.5 Å². The summed E-state index contributed by atoms with van der Waals surface area (Å²) in [6, 6.07) is 7.61. The fraction of sp³-hybridized carbons (Fsp3) is 0.462. The minimum atomic E-state index is -0.219. The van der Waals surface area contributed by atoms with E-state index in [1.165, 1.54) is 16.2 Å². The molecule has 0 spiro atoms. The van der Waals surface area contributed by atoms with E-state index < -0.39 is 0 Å². The number of rotatable bonds is 9. The lowest BCUT2D eigenvalue weighted by Gasteiger charge is -2.36. The smallest absolute Gasteiger partial charge is 0.277 e. The molecular formula is C26H30N4O4S2. The van der Waals surface area contributed by atoms with E-state index in [4.69, 9.17) is 13.9 Å². The van der Waals surface area contributed by atoms with Gasteiger partial charge in [-0.25, -0.2) is 0 Å². The molecule has 1 N–H and O–H groups in total. The van der Waals surface area contributed by atoms with Gasteiger partial charge < -0.3 is 19.2 Å². The van der Waals surface area contributed by atoms with Crippen LogP contribution in [0.25, 0.3) is 11.5 Å². The van der Waals surface area contributed by atoms with Gasteiger partial charge in [0.1, 0.15) is 22.6 Å². The van der Waals surface area contributed by atoms with Gasteiger partial charge in [0.15, 0.2) is 0 Å². The molecule has 2 heterocycles. The summed E-state index contributed by atoms with van der Waals surface area (Å²) >= 11 is 2.68. The van der Waals surface area contributed by atoms with Crippen molar-refractivity contribution in [3.63, 3.8) is 0 Å². The van der Waals surface area contributed by atoms with E-state index in [1.54, 1.807) is 32.4 Å². The van der Waals surface area contributed by atoms with Gasteiger partial charge in [0.25, 0.3) is 5.22 Å². The van der Waals surface area contributed by atoms with Gasteiger partial charge in [-0.3, -0.25) is 4.79 Å². The van der Waals surface area contributed by atoms with E-state index in [9.17, 15) is 10.1 Å². The molecule has 190 valence electrons. The summed E-state index contributed by atoms with van der Waals surface area (Å²) in [5.74, 6) is 1.96. The Balaban J connectivity index is 1.41. The van der Waals surface area contributed by atoms with Crippen molar-refractivity contribution in [3.05, 3.63) is 34.2 Å². The van der Waals surface area contributed by atoms with Gasteiger partial charge >= 0.3 is 0 Å². The van der Waals surface area contributed by atoms with Crippen LogP contribution < -0.4 is 14.8 Å². The number of aromatic nitrogens is 2. The summed E-state index contributed by atoms with van der Waals surface area (Å²) in [6.07, 6.45) is 4.03. The van der Waals surface area contributed by atoms with Crippen molar-refractivity contribution in [3.8, 4) is 29.0 Å². The van der Waals surface area contributed by atoms with Gasteiger partial charge in [-0.15, -0.1) is 21.5 Å². The van der Waals surface area contributed by atoms with E-state index in [0.29, 0.717) is 39.4 Å². The lowest BCUT2D eigenvalue weighted by molar-refractivity contribution is -0.113. The first-order chi connectivity index (χ1) is 17.3. The molecule has 1 atom stereocenters. The second-order valence-electron chi connectivity index (χ2n) is 9.41. The number of amides is 1. The van der Waals surface area contributed by atoms with Crippen LogP contribution >= 0.6 is 23.1 Å². The van der Waals surface area contributed by atoms with Gasteiger partial charge in [-0.1, -0.05) is 39.0 Å². The highest BCUT2D eigenvalue weighted by atomic mass is 32.2. The van der Waals surface area contributed by atoms with E-state index >= 15 is 0 Å². The highest BCUT2D eigenvalue weighted by Gasteiger charge is 2.34. The Morgan fingerprint density at radius 1 is 1.28 bits per heavy atom. The highest BCUT2D eigenvalue weighted by molar-refractivity contribution is 7.99. The normalized spacial score (nSPS) is 15.2. The fourth-order valence-corrected chi connectivity index (χ4v) is 6.21. The summed E-state index contributed by atoms with van der Waals surface area (Å²) < 4.78 is 16.3. The molecule has 0 radical (unpaired) electrons. The summed E-state index contributed by atoms with van der Waals surface area (Å²) in [6.45, 7) is 6.86. The topological polar surface area (TPSA) is 110 Å². The number of ether oxygens (including phenoxy) is 2. The van der Waals surface area contributed by atoms with Crippen LogP contribution in [0.2, 0.25) is 0 Å². The van der Waals surface area contributed by atoms with Gasteiger partial charge in [-0.2, -0.15) is 5.26 Å².